The van der Waals surface area contributed by atoms with Crippen molar-refractivity contribution in [1.82, 2.24) is 9.88 Å². The highest BCUT2D eigenvalue weighted by Crippen LogP contribution is 2.13. The highest BCUT2D eigenvalue weighted by atomic mass is 16.2. The molecule has 0 N–H and O–H groups in total. The molecular weight excluding hydrogens is 274 g/mol. The van der Waals surface area contributed by atoms with E-state index in [0.29, 0.717) is 6.54 Å². The Labute approximate surface area is 131 Å². The summed E-state index contributed by atoms with van der Waals surface area (Å²) in [6.45, 7) is 0.587. The van der Waals surface area contributed by atoms with Crippen LogP contribution in [-0.4, -0.2) is 36.9 Å². The van der Waals surface area contributed by atoms with E-state index in [1.54, 1.807) is 36.5 Å². The monoisotopic (exact) mass is 295 g/mol. The zero-order valence-electron chi connectivity index (χ0n) is 13.2. The number of carbonyl (C=O) groups excluding carboxylic acids is 1. The fourth-order valence-electron chi connectivity index (χ4n) is 2.02. The number of rotatable bonds is 5. The molecule has 1 amide bonds. The van der Waals surface area contributed by atoms with Gasteiger partial charge in [-0.3, -0.25) is 9.78 Å². The van der Waals surface area contributed by atoms with Crippen LogP contribution < -0.4 is 4.90 Å². The van der Waals surface area contributed by atoms with Gasteiger partial charge in [0.05, 0.1) is 0 Å². The van der Waals surface area contributed by atoms with E-state index in [9.17, 15) is 4.79 Å². The van der Waals surface area contributed by atoms with E-state index in [2.05, 4.69) is 22.0 Å². The number of likely N-dealkylation sites (N-methyl/N-ethyl adjacent to an activating group) is 1. The summed E-state index contributed by atoms with van der Waals surface area (Å²) in [5, 5.41) is 0. The second-order valence-corrected chi connectivity index (χ2v) is 5.37. The van der Waals surface area contributed by atoms with Gasteiger partial charge in [-0.15, -0.1) is 0 Å². The minimum absolute atomic E-state index is 0.0273. The number of anilines is 1. The van der Waals surface area contributed by atoms with E-state index < -0.39 is 0 Å². The average Bonchev–Trinajstić information content (AvgIpc) is 2.54. The number of benzene rings is 1. The normalized spacial score (nSPS) is 10.7. The lowest BCUT2D eigenvalue weighted by molar-refractivity contribution is -0.125. The molecule has 0 aliphatic carbocycles. The number of amides is 1. The molecule has 0 saturated carbocycles. The van der Waals surface area contributed by atoms with Crippen LogP contribution in [-0.2, 0) is 11.3 Å². The van der Waals surface area contributed by atoms with Crippen molar-refractivity contribution >= 4 is 17.7 Å². The molecule has 0 aliphatic heterocycles. The standard InChI is InChI=1S/C18H21N3O/c1-20(2)17-9-6-16(7-10-17)14-21(3)18(22)11-8-15-5-4-12-19-13-15/h4-13H,14H2,1-3H3/b11-8+. The van der Waals surface area contributed by atoms with Gasteiger partial charge in [-0.25, -0.2) is 0 Å². The topological polar surface area (TPSA) is 36.4 Å². The van der Waals surface area contributed by atoms with Crippen molar-refractivity contribution in [2.24, 2.45) is 0 Å². The molecule has 0 unspecified atom stereocenters. The fraction of sp³-hybridized carbons (Fsp3) is 0.222. The summed E-state index contributed by atoms with van der Waals surface area (Å²) in [5.41, 5.74) is 3.17. The Morgan fingerprint density at radius 1 is 1.14 bits per heavy atom. The molecule has 4 nitrogen and oxygen atoms in total. The van der Waals surface area contributed by atoms with Gasteiger partial charge in [-0.2, -0.15) is 0 Å². The van der Waals surface area contributed by atoms with Gasteiger partial charge in [0.2, 0.25) is 5.91 Å². The number of nitrogens with zero attached hydrogens (tertiary/aromatic N) is 3. The van der Waals surface area contributed by atoms with E-state index in [0.717, 1.165) is 16.8 Å². The summed E-state index contributed by atoms with van der Waals surface area (Å²) in [6.07, 6.45) is 6.79. The molecule has 0 aliphatic rings. The highest BCUT2D eigenvalue weighted by Gasteiger charge is 2.06. The van der Waals surface area contributed by atoms with E-state index in [-0.39, 0.29) is 5.91 Å². The van der Waals surface area contributed by atoms with Crippen LogP contribution in [0.3, 0.4) is 0 Å². The summed E-state index contributed by atoms with van der Waals surface area (Å²) >= 11 is 0. The number of carbonyl (C=O) groups is 1. The lowest BCUT2D eigenvalue weighted by atomic mass is 10.2. The van der Waals surface area contributed by atoms with Crippen LogP contribution in [0.25, 0.3) is 6.08 Å². The Morgan fingerprint density at radius 2 is 1.86 bits per heavy atom. The molecule has 4 heteroatoms. The van der Waals surface area contributed by atoms with Crippen LogP contribution in [0.2, 0.25) is 0 Å². The molecule has 0 bridgehead atoms. The number of hydrogen-bond acceptors (Lipinski definition) is 3. The fourth-order valence-corrected chi connectivity index (χ4v) is 2.02. The van der Waals surface area contributed by atoms with Crippen molar-refractivity contribution in [3.63, 3.8) is 0 Å². The predicted octanol–water partition coefficient (Wildman–Crippen LogP) is 2.82. The predicted molar refractivity (Wildman–Crippen MR) is 90.5 cm³/mol. The zero-order chi connectivity index (χ0) is 15.9. The third-order valence-electron chi connectivity index (χ3n) is 3.35. The third kappa shape index (κ3) is 4.45. The van der Waals surface area contributed by atoms with Crippen LogP contribution >= 0.6 is 0 Å². The van der Waals surface area contributed by atoms with Crippen LogP contribution in [0.1, 0.15) is 11.1 Å². The summed E-state index contributed by atoms with van der Waals surface area (Å²) < 4.78 is 0. The lowest BCUT2D eigenvalue weighted by Gasteiger charge is -2.17. The first-order chi connectivity index (χ1) is 10.6. The molecule has 0 atom stereocenters. The molecule has 22 heavy (non-hydrogen) atoms. The first-order valence-corrected chi connectivity index (χ1v) is 7.16. The molecular formula is C18H21N3O. The number of aromatic nitrogens is 1. The average molecular weight is 295 g/mol. The summed E-state index contributed by atoms with van der Waals surface area (Å²) in [6, 6.07) is 12.0. The molecule has 0 saturated heterocycles. The summed E-state index contributed by atoms with van der Waals surface area (Å²) in [4.78, 5) is 19.9. The highest BCUT2D eigenvalue weighted by molar-refractivity contribution is 5.91. The molecule has 1 heterocycles. The minimum atomic E-state index is -0.0273. The lowest BCUT2D eigenvalue weighted by Crippen LogP contribution is -2.24. The van der Waals surface area contributed by atoms with Gasteiger partial charge in [-0.05, 0) is 35.4 Å². The molecule has 1 aromatic heterocycles. The van der Waals surface area contributed by atoms with Gasteiger partial charge in [0.15, 0.2) is 0 Å². The molecule has 1 aromatic carbocycles. The number of hydrogen-bond donors (Lipinski definition) is 0. The third-order valence-corrected chi connectivity index (χ3v) is 3.35. The quantitative estimate of drug-likeness (QED) is 0.796. The summed E-state index contributed by atoms with van der Waals surface area (Å²) in [5.74, 6) is -0.0273. The first kappa shape index (κ1) is 15.8. The van der Waals surface area contributed by atoms with Gasteiger partial charge < -0.3 is 9.80 Å². The van der Waals surface area contributed by atoms with Gasteiger partial charge >= 0.3 is 0 Å². The molecule has 0 radical (unpaired) electrons. The minimum Gasteiger partial charge on any atom is -0.378 e. The molecule has 2 rings (SSSR count). The van der Waals surface area contributed by atoms with Crippen LogP contribution in [0.15, 0.2) is 54.9 Å². The molecule has 0 fully saturated rings. The Hall–Kier alpha value is -2.62. The van der Waals surface area contributed by atoms with Gasteiger partial charge in [0.1, 0.15) is 0 Å². The van der Waals surface area contributed by atoms with Crippen molar-refractivity contribution < 1.29 is 4.79 Å². The SMILES string of the molecule is CN(Cc1ccc(N(C)C)cc1)C(=O)/C=C/c1cccnc1. The number of pyridine rings is 1. The van der Waals surface area contributed by atoms with E-state index in [4.69, 9.17) is 0 Å². The second-order valence-electron chi connectivity index (χ2n) is 5.37. The Bertz CT molecular complexity index is 633. The molecule has 114 valence electrons. The van der Waals surface area contributed by atoms with Gasteiger partial charge in [0, 0.05) is 51.8 Å². The Kier molecular flexibility index (Phi) is 5.31. The molecule has 0 spiro atoms. The van der Waals surface area contributed by atoms with E-state index in [1.807, 2.05) is 38.4 Å². The van der Waals surface area contributed by atoms with E-state index in [1.165, 1.54) is 0 Å². The molecule has 2 aromatic rings. The van der Waals surface area contributed by atoms with E-state index >= 15 is 0 Å². The van der Waals surface area contributed by atoms with Crippen molar-refractivity contribution in [2.45, 2.75) is 6.54 Å². The Morgan fingerprint density at radius 3 is 2.45 bits per heavy atom. The maximum absolute atomic E-state index is 12.1. The maximum atomic E-state index is 12.1. The van der Waals surface area contributed by atoms with Crippen molar-refractivity contribution in [3.05, 3.63) is 66.0 Å². The van der Waals surface area contributed by atoms with Crippen LogP contribution in [0.4, 0.5) is 5.69 Å². The zero-order valence-corrected chi connectivity index (χ0v) is 13.2. The maximum Gasteiger partial charge on any atom is 0.246 e. The smallest absolute Gasteiger partial charge is 0.246 e. The van der Waals surface area contributed by atoms with Gasteiger partial charge in [-0.1, -0.05) is 18.2 Å². The van der Waals surface area contributed by atoms with Crippen molar-refractivity contribution in [1.29, 1.82) is 0 Å². The second kappa shape index (κ2) is 7.41. The first-order valence-electron chi connectivity index (χ1n) is 7.16. The Balaban J connectivity index is 1.95. The van der Waals surface area contributed by atoms with Crippen molar-refractivity contribution in [2.75, 3.05) is 26.0 Å². The summed E-state index contributed by atoms with van der Waals surface area (Å²) in [7, 11) is 5.82. The van der Waals surface area contributed by atoms with Gasteiger partial charge in [0.25, 0.3) is 0 Å². The largest absolute Gasteiger partial charge is 0.378 e. The van der Waals surface area contributed by atoms with Crippen molar-refractivity contribution in [3.8, 4) is 0 Å². The van der Waals surface area contributed by atoms with Crippen LogP contribution in [0.5, 0.6) is 0 Å². The van der Waals surface area contributed by atoms with Crippen LogP contribution in [0, 0.1) is 0 Å².